The molecule has 0 spiro atoms. The molecule has 0 aliphatic carbocycles. The van der Waals surface area contributed by atoms with E-state index in [0.717, 1.165) is 0 Å². The Kier molecular flexibility index (Phi) is 2.75. The Labute approximate surface area is 95.0 Å². The molecule has 86 valence electrons. The Morgan fingerprint density at radius 2 is 2.56 bits per heavy atom. The topological polar surface area (TPSA) is 98.5 Å². The maximum Gasteiger partial charge on any atom is 0.372 e. The second-order valence-corrected chi connectivity index (χ2v) is 4.25. The molecular weight excluding hydrogens is 230 g/mol. The van der Waals surface area contributed by atoms with Gasteiger partial charge in [0, 0.05) is 18.0 Å². The van der Waals surface area contributed by atoms with Gasteiger partial charge in [0.1, 0.15) is 6.20 Å². The van der Waals surface area contributed by atoms with Crippen LogP contribution in [0, 0.1) is 10.1 Å². The Bertz CT molecular complexity index is 519. The molecule has 7 nitrogen and oxygen atoms in total. The van der Waals surface area contributed by atoms with E-state index in [1.807, 2.05) is 6.92 Å². The largest absolute Gasteiger partial charge is 0.372 e. The van der Waals surface area contributed by atoms with Gasteiger partial charge in [-0.2, -0.15) is 9.38 Å². The van der Waals surface area contributed by atoms with Gasteiger partial charge < -0.3 is 21.2 Å². The highest BCUT2D eigenvalue weighted by Gasteiger charge is 2.24. The molecule has 0 bridgehead atoms. The Morgan fingerprint density at radius 3 is 3.19 bits per heavy atom. The SMILES string of the molecule is CC(CN)Nc1nc2sccn2c1[N+](=O)[O-]. The fourth-order valence-electron chi connectivity index (χ4n) is 1.34. The van der Waals surface area contributed by atoms with E-state index in [4.69, 9.17) is 5.73 Å². The molecule has 2 aromatic heterocycles. The standard InChI is InChI=1S/C8H11N5O2S/c1-5(4-9)10-6-7(13(14)15)12-2-3-16-8(12)11-6/h2-3,5,10H,4,9H2,1H3. The zero-order valence-corrected chi connectivity index (χ0v) is 9.40. The molecule has 1 unspecified atom stereocenters. The van der Waals surface area contributed by atoms with Crippen molar-refractivity contribution >= 4 is 27.9 Å². The summed E-state index contributed by atoms with van der Waals surface area (Å²) >= 11 is 1.35. The minimum absolute atomic E-state index is 0.0449. The van der Waals surface area contributed by atoms with Crippen molar-refractivity contribution in [1.82, 2.24) is 9.38 Å². The molecule has 0 amide bonds. The second-order valence-electron chi connectivity index (χ2n) is 3.38. The van der Waals surface area contributed by atoms with E-state index in [0.29, 0.717) is 11.5 Å². The van der Waals surface area contributed by atoms with Crippen molar-refractivity contribution in [2.24, 2.45) is 5.73 Å². The summed E-state index contributed by atoms with van der Waals surface area (Å²) in [5.74, 6) is 0.228. The quantitative estimate of drug-likeness (QED) is 0.616. The van der Waals surface area contributed by atoms with Crippen molar-refractivity contribution in [3.63, 3.8) is 0 Å². The molecule has 3 N–H and O–H groups in total. The Balaban J connectivity index is 2.47. The number of fused-ring (bicyclic) bond motifs is 1. The zero-order valence-electron chi connectivity index (χ0n) is 8.58. The summed E-state index contributed by atoms with van der Waals surface area (Å²) in [7, 11) is 0. The summed E-state index contributed by atoms with van der Waals surface area (Å²) in [5, 5.41) is 15.6. The average molecular weight is 241 g/mol. The van der Waals surface area contributed by atoms with Gasteiger partial charge >= 0.3 is 5.82 Å². The molecule has 2 aromatic rings. The fourth-order valence-corrected chi connectivity index (χ4v) is 2.05. The van der Waals surface area contributed by atoms with E-state index in [1.165, 1.54) is 15.7 Å². The van der Waals surface area contributed by atoms with E-state index in [2.05, 4.69) is 10.3 Å². The summed E-state index contributed by atoms with van der Waals surface area (Å²) < 4.78 is 1.45. The number of nitro groups is 1. The van der Waals surface area contributed by atoms with E-state index in [-0.39, 0.29) is 17.7 Å². The minimum Gasteiger partial charge on any atom is -0.359 e. The third-order valence-electron chi connectivity index (χ3n) is 2.15. The predicted octanol–water partition coefficient (Wildman–Crippen LogP) is 1.06. The van der Waals surface area contributed by atoms with Crippen LogP contribution in [0.2, 0.25) is 0 Å². The van der Waals surface area contributed by atoms with E-state index in [9.17, 15) is 10.1 Å². The highest BCUT2D eigenvalue weighted by atomic mass is 32.1. The smallest absolute Gasteiger partial charge is 0.359 e. The lowest BCUT2D eigenvalue weighted by Gasteiger charge is -2.09. The fraction of sp³-hybridized carbons (Fsp3) is 0.375. The normalized spacial score (nSPS) is 12.9. The lowest BCUT2D eigenvalue weighted by atomic mass is 10.3. The molecule has 0 aliphatic rings. The maximum absolute atomic E-state index is 10.9. The lowest BCUT2D eigenvalue weighted by molar-refractivity contribution is -0.389. The summed E-state index contributed by atoms with van der Waals surface area (Å²) in [6, 6.07) is -0.0525. The van der Waals surface area contributed by atoms with Gasteiger partial charge in [-0.3, -0.25) is 0 Å². The minimum atomic E-state index is -0.446. The van der Waals surface area contributed by atoms with Crippen LogP contribution in [-0.4, -0.2) is 26.9 Å². The first-order valence-electron chi connectivity index (χ1n) is 4.70. The van der Waals surface area contributed by atoms with Crippen LogP contribution in [0.4, 0.5) is 11.6 Å². The molecule has 16 heavy (non-hydrogen) atoms. The van der Waals surface area contributed by atoms with Crippen molar-refractivity contribution in [2.75, 3.05) is 11.9 Å². The molecule has 0 saturated heterocycles. The summed E-state index contributed by atoms with van der Waals surface area (Å²) in [6.45, 7) is 2.24. The number of anilines is 1. The van der Waals surface area contributed by atoms with Gasteiger partial charge in [0.2, 0.25) is 5.82 Å². The third-order valence-corrected chi connectivity index (χ3v) is 2.90. The van der Waals surface area contributed by atoms with Crippen LogP contribution in [-0.2, 0) is 0 Å². The summed E-state index contributed by atoms with van der Waals surface area (Å²) in [5.41, 5.74) is 5.45. The van der Waals surface area contributed by atoms with Gasteiger partial charge in [-0.05, 0) is 11.8 Å². The second kappa shape index (κ2) is 4.06. The summed E-state index contributed by atoms with van der Waals surface area (Å²) in [6.07, 6.45) is 1.63. The van der Waals surface area contributed by atoms with Crippen LogP contribution in [0.25, 0.3) is 4.96 Å². The van der Waals surface area contributed by atoms with Crippen LogP contribution in [0.3, 0.4) is 0 Å². The number of hydrogen-bond acceptors (Lipinski definition) is 6. The van der Waals surface area contributed by atoms with Crippen LogP contribution in [0.15, 0.2) is 11.6 Å². The molecule has 0 radical (unpaired) electrons. The van der Waals surface area contributed by atoms with Crippen molar-refractivity contribution in [2.45, 2.75) is 13.0 Å². The third kappa shape index (κ3) is 1.72. The molecular formula is C8H11N5O2S. The van der Waals surface area contributed by atoms with Crippen molar-refractivity contribution in [1.29, 1.82) is 0 Å². The number of rotatable bonds is 4. The molecule has 2 heterocycles. The molecule has 0 aliphatic heterocycles. The first-order chi connectivity index (χ1) is 7.63. The number of thiazole rings is 1. The van der Waals surface area contributed by atoms with Gasteiger partial charge in [-0.25, -0.2) is 0 Å². The van der Waals surface area contributed by atoms with E-state index < -0.39 is 4.92 Å². The van der Waals surface area contributed by atoms with Crippen LogP contribution in [0.1, 0.15) is 6.92 Å². The number of imidazole rings is 1. The maximum atomic E-state index is 10.9. The number of aromatic nitrogens is 2. The van der Waals surface area contributed by atoms with Crippen LogP contribution < -0.4 is 11.1 Å². The molecule has 8 heteroatoms. The van der Waals surface area contributed by atoms with Crippen molar-refractivity contribution in [3.8, 4) is 0 Å². The first kappa shape index (κ1) is 10.8. The Hall–Kier alpha value is -1.67. The van der Waals surface area contributed by atoms with Gasteiger partial charge in [0.15, 0.2) is 0 Å². The molecule has 1 atom stereocenters. The lowest BCUT2D eigenvalue weighted by Crippen LogP contribution is -2.25. The van der Waals surface area contributed by atoms with Gasteiger partial charge in [-0.15, -0.1) is 0 Å². The van der Waals surface area contributed by atoms with Gasteiger partial charge in [0.25, 0.3) is 4.96 Å². The number of nitrogens with zero attached hydrogens (tertiary/aromatic N) is 3. The molecule has 2 rings (SSSR count). The highest BCUT2D eigenvalue weighted by molar-refractivity contribution is 7.15. The molecule has 0 saturated carbocycles. The number of hydrogen-bond donors (Lipinski definition) is 2. The van der Waals surface area contributed by atoms with E-state index in [1.54, 1.807) is 11.6 Å². The highest BCUT2D eigenvalue weighted by Crippen LogP contribution is 2.28. The van der Waals surface area contributed by atoms with Crippen molar-refractivity contribution < 1.29 is 4.92 Å². The summed E-state index contributed by atoms with van der Waals surface area (Å²) in [4.78, 5) is 15.2. The monoisotopic (exact) mass is 241 g/mol. The predicted molar refractivity (Wildman–Crippen MR) is 61.9 cm³/mol. The van der Waals surface area contributed by atoms with Gasteiger partial charge in [-0.1, -0.05) is 11.3 Å². The first-order valence-corrected chi connectivity index (χ1v) is 5.58. The zero-order chi connectivity index (χ0) is 11.7. The Morgan fingerprint density at radius 1 is 1.81 bits per heavy atom. The average Bonchev–Trinajstić information content (AvgIpc) is 2.76. The van der Waals surface area contributed by atoms with Crippen LogP contribution in [0.5, 0.6) is 0 Å². The number of nitrogens with two attached hydrogens (primary N) is 1. The van der Waals surface area contributed by atoms with Gasteiger partial charge in [0.05, 0.1) is 0 Å². The van der Waals surface area contributed by atoms with Crippen molar-refractivity contribution in [3.05, 3.63) is 21.7 Å². The molecule has 0 fully saturated rings. The number of nitrogens with one attached hydrogen (secondary N) is 1. The van der Waals surface area contributed by atoms with Crippen LogP contribution >= 0.6 is 11.3 Å². The van der Waals surface area contributed by atoms with E-state index >= 15 is 0 Å². The molecule has 0 aromatic carbocycles.